The van der Waals surface area contributed by atoms with Gasteiger partial charge in [-0.25, -0.2) is 14.8 Å². The van der Waals surface area contributed by atoms with Crippen LogP contribution >= 0.6 is 0 Å². The van der Waals surface area contributed by atoms with Crippen molar-refractivity contribution >= 4 is 25.1 Å². The molecule has 1 aromatic carbocycles. The number of hydrogen-bond donors (Lipinski definition) is 1. The second-order valence-corrected chi connectivity index (χ2v) is 15.4. The second kappa shape index (κ2) is 9.56. The van der Waals surface area contributed by atoms with Crippen LogP contribution in [0.1, 0.15) is 34.5 Å². The summed E-state index contributed by atoms with van der Waals surface area (Å²) in [6, 6.07) is 9.39. The number of aromatic carboxylic acids is 1. The number of benzene rings is 1. The highest BCUT2D eigenvalue weighted by Crippen LogP contribution is 2.27. The minimum atomic E-state index is -1.11. The van der Waals surface area contributed by atoms with Gasteiger partial charge in [0.25, 0.3) is 0 Å². The second-order valence-electron chi connectivity index (χ2n) is 9.73. The zero-order valence-electron chi connectivity index (χ0n) is 19.1. The van der Waals surface area contributed by atoms with E-state index in [2.05, 4.69) is 46.2 Å². The van der Waals surface area contributed by atoms with Gasteiger partial charge in [-0.1, -0.05) is 31.8 Å². The lowest BCUT2D eigenvalue weighted by Gasteiger charge is -2.37. The van der Waals surface area contributed by atoms with Gasteiger partial charge in [0, 0.05) is 34.2 Å². The first-order valence-corrected chi connectivity index (χ1v) is 14.9. The molecule has 0 radical (unpaired) electrons. The Kier molecular flexibility index (Phi) is 6.78. The van der Waals surface area contributed by atoms with Crippen molar-refractivity contribution in [3.05, 3.63) is 47.9 Å². The molecule has 0 atom stereocenters. The number of aryl methyl sites for hydroxylation is 1. The van der Waals surface area contributed by atoms with E-state index in [1.807, 2.05) is 12.1 Å². The zero-order valence-corrected chi connectivity index (χ0v) is 20.1. The fraction of sp³-hybridized carbons (Fsp3) is 0.522. The van der Waals surface area contributed by atoms with Gasteiger partial charge in [-0.2, -0.15) is 0 Å². The Morgan fingerprint density at radius 2 is 2.03 bits per heavy atom. The van der Waals surface area contributed by atoms with E-state index in [9.17, 15) is 4.79 Å². The van der Waals surface area contributed by atoms with Crippen LogP contribution < -0.4 is 0 Å². The Hall–Kier alpha value is -2.49. The van der Waals surface area contributed by atoms with E-state index in [-0.39, 0.29) is 11.6 Å². The molecule has 0 spiro atoms. The Balaban J connectivity index is 1.29. The molecule has 4 rings (SSSR count). The predicted octanol–water partition coefficient (Wildman–Crippen LogP) is 4.07. The van der Waals surface area contributed by atoms with Gasteiger partial charge in [0.1, 0.15) is 18.8 Å². The fourth-order valence-electron chi connectivity index (χ4n) is 3.94. The minimum absolute atomic E-state index is 0.0237. The van der Waals surface area contributed by atoms with Crippen LogP contribution in [0.25, 0.3) is 11.0 Å². The van der Waals surface area contributed by atoms with Gasteiger partial charge in [-0.3, -0.25) is 0 Å². The van der Waals surface area contributed by atoms with Crippen LogP contribution in [0.3, 0.4) is 0 Å². The summed E-state index contributed by atoms with van der Waals surface area (Å²) in [5, 5.41) is 8.98. The smallest absolute Gasteiger partial charge is 0.357 e. The van der Waals surface area contributed by atoms with E-state index < -0.39 is 14.0 Å². The van der Waals surface area contributed by atoms with Crippen LogP contribution in [0.2, 0.25) is 25.7 Å². The van der Waals surface area contributed by atoms with Gasteiger partial charge < -0.3 is 23.7 Å². The Morgan fingerprint density at radius 1 is 1.25 bits per heavy atom. The number of fused-ring (bicyclic) bond motifs is 1. The molecule has 0 bridgehead atoms. The van der Waals surface area contributed by atoms with Crippen LogP contribution in [-0.4, -0.2) is 64.8 Å². The zero-order chi connectivity index (χ0) is 22.7. The van der Waals surface area contributed by atoms with Crippen molar-refractivity contribution in [2.45, 2.75) is 51.2 Å². The topological polar surface area (TPSA) is 93.6 Å². The number of rotatable bonds is 11. The van der Waals surface area contributed by atoms with E-state index in [4.69, 9.17) is 19.2 Å². The standard InChI is InChI=1S/C23H32N4O4Si/c1-32(2,3)12-11-30-16-27-20-8-5-4-7-18(20)24-21(27)9-6-10-26-13-17(14-26)22-25-19(15-31-22)23(28)29/h4-5,7-8,15,17H,6,9-14,16H2,1-3H3,(H,28,29). The SMILES string of the molecule is C[Si](C)(C)CCOCn1c(CCCN2CC(c3nc(C(=O)O)co3)C2)nc2ccccc21. The highest BCUT2D eigenvalue weighted by molar-refractivity contribution is 6.76. The lowest BCUT2D eigenvalue weighted by Crippen LogP contribution is -2.45. The van der Waals surface area contributed by atoms with Crippen molar-refractivity contribution in [3.63, 3.8) is 0 Å². The summed E-state index contributed by atoms with van der Waals surface area (Å²) < 4.78 is 13.6. The van der Waals surface area contributed by atoms with Gasteiger partial charge in [0.05, 0.1) is 17.0 Å². The van der Waals surface area contributed by atoms with E-state index in [0.717, 1.165) is 62.0 Å². The minimum Gasteiger partial charge on any atom is -0.476 e. The number of oxazole rings is 1. The van der Waals surface area contributed by atoms with Crippen molar-refractivity contribution in [1.82, 2.24) is 19.4 Å². The molecular formula is C23H32N4O4Si. The summed E-state index contributed by atoms with van der Waals surface area (Å²) in [6.45, 7) is 11.1. The predicted molar refractivity (Wildman–Crippen MR) is 125 cm³/mol. The van der Waals surface area contributed by atoms with Gasteiger partial charge >= 0.3 is 5.97 Å². The molecule has 1 aliphatic heterocycles. The van der Waals surface area contributed by atoms with Crippen LogP contribution in [0.4, 0.5) is 0 Å². The van der Waals surface area contributed by atoms with Crippen molar-refractivity contribution in [2.24, 2.45) is 0 Å². The molecule has 0 unspecified atom stereocenters. The third-order valence-electron chi connectivity index (χ3n) is 5.87. The maximum atomic E-state index is 11.0. The summed E-state index contributed by atoms with van der Waals surface area (Å²) in [7, 11) is -1.11. The molecule has 9 heteroatoms. The largest absolute Gasteiger partial charge is 0.476 e. The molecule has 1 fully saturated rings. The summed E-state index contributed by atoms with van der Waals surface area (Å²) in [4.78, 5) is 22.2. The number of para-hydroxylation sites is 2. The Labute approximate surface area is 189 Å². The molecule has 32 heavy (non-hydrogen) atoms. The Bertz CT molecular complexity index is 1070. The molecule has 1 N–H and O–H groups in total. The average Bonchev–Trinajstić information content (AvgIpc) is 3.31. The molecule has 1 saturated heterocycles. The first-order chi connectivity index (χ1) is 15.3. The molecule has 0 amide bonds. The van der Waals surface area contributed by atoms with Crippen molar-refractivity contribution < 1.29 is 19.1 Å². The van der Waals surface area contributed by atoms with Crippen LogP contribution in [0.15, 0.2) is 34.9 Å². The third-order valence-corrected chi connectivity index (χ3v) is 7.58. The molecule has 172 valence electrons. The average molecular weight is 457 g/mol. The van der Waals surface area contributed by atoms with E-state index in [1.54, 1.807) is 0 Å². The van der Waals surface area contributed by atoms with Gasteiger partial charge in [0.2, 0.25) is 5.89 Å². The molecule has 0 saturated carbocycles. The molecular weight excluding hydrogens is 424 g/mol. The third kappa shape index (κ3) is 5.46. The van der Waals surface area contributed by atoms with Gasteiger partial charge in [0.15, 0.2) is 5.69 Å². The van der Waals surface area contributed by atoms with Gasteiger partial charge in [-0.05, 0) is 31.1 Å². The van der Waals surface area contributed by atoms with E-state index in [1.165, 1.54) is 6.26 Å². The summed E-state index contributed by atoms with van der Waals surface area (Å²) in [6.07, 6.45) is 3.10. The lowest BCUT2D eigenvalue weighted by atomic mass is 10.00. The first kappa shape index (κ1) is 22.7. The molecule has 3 aromatic rings. The molecule has 8 nitrogen and oxygen atoms in total. The van der Waals surface area contributed by atoms with E-state index >= 15 is 0 Å². The molecule has 1 aliphatic rings. The maximum absolute atomic E-state index is 11.0. The van der Waals surface area contributed by atoms with Crippen LogP contribution in [-0.2, 0) is 17.9 Å². The number of aromatic nitrogens is 3. The number of hydrogen-bond acceptors (Lipinski definition) is 6. The normalized spacial score (nSPS) is 15.3. The number of carboxylic acid groups (broad SMARTS) is 1. The highest BCUT2D eigenvalue weighted by Gasteiger charge is 2.32. The van der Waals surface area contributed by atoms with Crippen molar-refractivity contribution in [3.8, 4) is 0 Å². The molecule has 0 aliphatic carbocycles. The first-order valence-electron chi connectivity index (χ1n) is 11.2. The van der Waals surface area contributed by atoms with E-state index in [0.29, 0.717) is 12.6 Å². The summed E-state index contributed by atoms with van der Waals surface area (Å²) in [5.74, 6) is 0.710. The Morgan fingerprint density at radius 3 is 2.75 bits per heavy atom. The number of ether oxygens (including phenoxy) is 1. The summed E-state index contributed by atoms with van der Waals surface area (Å²) >= 11 is 0. The van der Waals surface area contributed by atoms with Crippen molar-refractivity contribution in [1.29, 1.82) is 0 Å². The number of imidazole rings is 1. The fourth-order valence-corrected chi connectivity index (χ4v) is 4.69. The molecule has 3 heterocycles. The van der Waals surface area contributed by atoms with Crippen LogP contribution in [0.5, 0.6) is 0 Å². The highest BCUT2D eigenvalue weighted by atomic mass is 28.3. The molecule has 2 aromatic heterocycles. The van der Waals surface area contributed by atoms with Crippen LogP contribution in [0, 0.1) is 0 Å². The monoisotopic (exact) mass is 456 g/mol. The number of carboxylic acids is 1. The maximum Gasteiger partial charge on any atom is 0.357 e. The lowest BCUT2D eigenvalue weighted by molar-refractivity contribution is 0.0690. The quantitative estimate of drug-likeness (QED) is 0.343. The summed E-state index contributed by atoms with van der Waals surface area (Å²) in [5.41, 5.74) is 2.11. The van der Waals surface area contributed by atoms with Crippen molar-refractivity contribution in [2.75, 3.05) is 26.2 Å². The number of carbonyl (C=O) groups is 1. The van der Waals surface area contributed by atoms with Gasteiger partial charge in [-0.15, -0.1) is 0 Å². The number of likely N-dealkylation sites (tertiary alicyclic amines) is 1. The number of nitrogens with zero attached hydrogens (tertiary/aromatic N) is 4.